The molecular formula is C5H5N5O. The first-order chi connectivity index (χ1) is 5.45. The van der Waals surface area contributed by atoms with E-state index >= 15 is 0 Å². The Kier molecular flexibility index (Phi) is 1.29. The van der Waals surface area contributed by atoms with Crippen LogP contribution in [0.1, 0.15) is 0 Å². The average Bonchev–Trinajstić information content (AvgIpc) is 2.60. The second-order valence-electron chi connectivity index (χ2n) is 1.82. The van der Waals surface area contributed by atoms with Crippen molar-refractivity contribution in [3.63, 3.8) is 0 Å². The van der Waals surface area contributed by atoms with Gasteiger partial charge in [0.05, 0.1) is 12.4 Å². The maximum atomic E-state index is 4.90. The van der Waals surface area contributed by atoms with Gasteiger partial charge in [0.1, 0.15) is 6.26 Å². The lowest BCUT2D eigenvalue weighted by Gasteiger charge is -1.91. The van der Waals surface area contributed by atoms with Crippen LogP contribution in [0.3, 0.4) is 0 Å². The van der Waals surface area contributed by atoms with Crippen molar-refractivity contribution in [3.05, 3.63) is 18.7 Å². The van der Waals surface area contributed by atoms with Gasteiger partial charge in [-0.15, -0.1) is 5.10 Å². The summed E-state index contributed by atoms with van der Waals surface area (Å²) in [5.74, 6) is 0.576. The highest BCUT2D eigenvalue weighted by Gasteiger charge is 1.98. The number of aromatic nitrogens is 4. The molecule has 2 aromatic rings. The molecule has 11 heavy (non-hydrogen) atoms. The van der Waals surface area contributed by atoms with Crippen molar-refractivity contribution in [1.82, 2.24) is 20.4 Å². The van der Waals surface area contributed by atoms with Gasteiger partial charge in [0.2, 0.25) is 0 Å². The molecule has 0 aliphatic carbocycles. The molecule has 2 rings (SSSR count). The fourth-order valence-electron chi connectivity index (χ4n) is 0.657. The zero-order valence-corrected chi connectivity index (χ0v) is 5.48. The molecule has 2 aromatic heterocycles. The molecule has 0 spiro atoms. The molecule has 0 radical (unpaired) electrons. The fraction of sp³-hybridized carbons (Fsp3) is 0. The van der Waals surface area contributed by atoms with E-state index < -0.39 is 0 Å². The molecule has 0 saturated carbocycles. The summed E-state index contributed by atoms with van der Waals surface area (Å²) in [7, 11) is 0. The van der Waals surface area contributed by atoms with Crippen molar-refractivity contribution >= 4 is 11.8 Å². The quantitative estimate of drug-likeness (QED) is 0.654. The molecule has 0 aromatic carbocycles. The molecule has 0 atom stereocenters. The number of rotatable bonds is 2. The Hall–Kier alpha value is -1.85. The van der Waals surface area contributed by atoms with Crippen LogP contribution in [0.5, 0.6) is 0 Å². The van der Waals surface area contributed by atoms with E-state index in [0.29, 0.717) is 11.8 Å². The predicted molar refractivity (Wildman–Crippen MR) is 36.2 cm³/mol. The highest BCUT2D eigenvalue weighted by atomic mass is 16.4. The smallest absolute Gasteiger partial charge is 0.300 e. The average molecular weight is 151 g/mol. The zero-order chi connectivity index (χ0) is 7.52. The first-order valence-electron chi connectivity index (χ1n) is 2.97. The van der Waals surface area contributed by atoms with Crippen LogP contribution in [0, 0.1) is 0 Å². The van der Waals surface area contributed by atoms with Gasteiger partial charge in [0.25, 0.3) is 6.01 Å². The Labute approximate surface area is 61.6 Å². The number of oxazole rings is 1. The van der Waals surface area contributed by atoms with E-state index in [-0.39, 0.29) is 0 Å². The monoisotopic (exact) mass is 151 g/mol. The van der Waals surface area contributed by atoms with Crippen LogP contribution in [0.4, 0.5) is 11.8 Å². The molecule has 0 aliphatic rings. The van der Waals surface area contributed by atoms with E-state index in [4.69, 9.17) is 4.42 Å². The molecule has 6 nitrogen and oxygen atoms in total. The lowest BCUT2D eigenvalue weighted by Crippen LogP contribution is -1.89. The standard InChI is InChI=1S/C5H5N5O/c1-2-11-5(6-1)8-4-3-7-10-9-4/h1-3H,(H2,6,7,8,9,10). The van der Waals surface area contributed by atoms with Crippen LogP contribution in [0.25, 0.3) is 0 Å². The Bertz CT molecular complexity index is 267. The summed E-state index contributed by atoms with van der Waals surface area (Å²) < 4.78 is 4.90. The SMILES string of the molecule is c1coc(Nc2cn[nH]n2)n1. The van der Waals surface area contributed by atoms with Crippen LogP contribution in [-0.2, 0) is 0 Å². The van der Waals surface area contributed by atoms with Crippen LogP contribution in [-0.4, -0.2) is 20.4 Å². The Balaban J connectivity index is 2.14. The molecule has 6 heteroatoms. The van der Waals surface area contributed by atoms with Crippen molar-refractivity contribution in [2.45, 2.75) is 0 Å². The number of hydrogen-bond donors (Lipinski definition) is 2. The summed E-state index contributed by atoms with van der Waals surface area (Å²) >= 11 is 0. The fourth-order valence-corrected chi connectivity index (χ4v) is 0.657. The van der Waals surface area contributed by atoms with Gasteiger partial charge in [-0.2, -0.15) is 10.3 Å². The van der Waals surface area contributed by atoms with Crippen LogP contribution in [0.15, 0.2) is 23.1 Å². The van der Waals surface area contributed by atoms with E-state index in [9.17, 15) is 0 Å². The minimum absolute atomic E-state index is 0.402. The van der Waals surface area contributed by atoms with Gasteiger partial charge in [-0.25, -0.2) is 4.98 Å². The van der Waals surface area contributed by atoms with Crippen molar-refractivity contribution in [3.8, 4) is 0 Å². The van der Waals surface area contributed by atoms with Gasteiger partial charge in [-0.1, -0.05) is 0 Å². The molecule has 2 N–H and O–H groups in total. The third-order valence-corrected chi connectivity index (χ3v) is 1.08. The molecule has 56 valence electrons. The number of aromatic amines is 1. The molecular weight excluding hydrogens is 146 g/mol. The number of hydrogen-bond acceptors (Lipinski definition) is 5. The zero-order valence-electron chi connectivity index (χ0n) is 5.48. The van der Waals surface area contributed by atoms with E-state index in [1.807, 2.05) is 0 Å². The number of nitrogens with zero attached hydrogens (tertiary/aromatic N) is 3. The maximum absolute atomic E-state index is 4.90. The number of nitrogens with one attached hydrogen (secondary N) is 2. The van der Waals surface area contributed by atoms with Gasteiger partial charge in [0, 0.05) is 0 Å². The Morgan fingerprint density at radius 3 is 3.18 bits per heavy atom. The van der Waals surface area contributed by atoms with Crippen LogP contribution < -0.4 is 5.32 Å². The Morgan fingerprint density at radius 2 is 2.55 bits per heavy atom. The first kappa shape index (κ1) is 5.90. The number of H-pyrrole nitrogens is 1. The molecule has 0 fully saturated rings. The highest BCUT2D eigenvalue weighted by molar-refractivity contribution is 5.42. The van der Waals surface area contributed by atoms with Crippen molar-refractivity contribution in [2.24, 2.45) is 0 Å². The second kappa shape index (κ2) is 2.41. The van der Waals surface area contributed by atoms with E-state index in [1.165, 1.54) is 12.5 Å². The molecule has 2 heterocycles. The van der Waals surface area contributed by atoms with E-state index in [1.54, 1.807) is 6.20 Å². The summed E-state index contributed by atoms with van der Waals surface area (Å²) in [6, 6.07) is 0.402. The second-order valence-corrected chi connectivity index (χ2v) is 1.82. The van der Waals surface area contributed by atoms with Gasteiger partial charge < -0.3 is 4.42 Å². The summed E-state index contributed by atoms with van der Waals surface area (Å²) in [4.78, 5) is 3.83. The van der Waals surface area contributed by atoms with Gasteiger partial charge >= 0.3 is 0 Å². The molecule has 0 aliphatic heterocycles. The van der Waals surface area contributed by atoms with Crippen molar-refractivity contribution in [1.29, 1.82) is 0 Å². The predicted octanol–water partition coefficient (Wildman–Crippen LogP) is 0.536. The Morgan fingerprint density at radius 1 is 1.55 bits per heavy atom. The van der Waals surface area contributed by atoms with E-state index in [0.717, 1.165) is 0 Å². The maximum Gasteiger partial charge on any atom is 0.300 e. The normalized spacial score (nSPS) is 9.82. The lowest BCUT2D eigenvalue weighted by atomic mass is 10.7. The summed E-state index contributed by atoms with van der Waals surface area (Å²) in [5.41, 5.74) is 0. The molecule has 0 amide bonds. The van der Waals surface area contributed by atoms with Crippen LogP contribution >= 0.6 is 0 Å². The third-order valence-electron chi connectivity index (χ3n) is 1.08. The molecule has 0 unspecified atom stereocenters. The summed E-state index contributed by atoms with van der Waals surface area (Å²) in [6.07, 6.45) is 4.55. The summed E-state index contributed by atoms with van der Waals surface area (Å²) in [5, 5.41) is 12.6. The first-order valence-corrected chi connectivity index (χ1v) is 2.97. The summed E-state index contributed by atoms with van der Waals surface area (Å²) in [6.45, 7) is 0. The van der Waals surface area contributed by atoms with Crippen LogP contribution in [0.2, 0.25) is 0 Å². The van der Waals surface area contributed by atoms with Gasteiger partial charge in [-0.3, -0.25) is 5.32 Å². The molecule has 0 saturated heterocycles. The molecule has 0 bridgehead atoms. The topological polar surface area (TPSA) is 79.6 Å². The van der Waals surface area contributed by atoms with Gasteiger partial charge in [-0.05, 0) is 0 Å². The van der Waals surface area contributed by atoms with E-state index in [2.05, 4.69) is 25.7 Å². The number of anilines is 2. The minimum Gasteiger partial charge on any atom is -0.432 e. The van der Waals surface area contributed by atoms with Crippen molar-refractivity contribution < 1.29 is 4.42 Å². The van der Waals surface area contributed by atoms with Crippen molar-refractivity contribution in [2.75, 3.05) is 5.32 Å². The highest BCUT2D eigenvalue weighted by Crippen LogP contribution is 2.08. The minimum atomic E-state index is 0.402. The lowest BCUT2D eigenvalue weighted by molar-refractivity contribution is 0.577. The third kappa shape index (κ3) is 1.18. The van der Waals surface area contributed by atoms with Gasteiger partial charge in [0.15, 0.2) is 5.82 Å². The largest absolute Gasteiger partial charge is 0.432 e.